The fourth-order valence-corrected chi connectivity index (χ4v) is 2.69. The molecule has 0 spiro atoms. The molecule has 2 rings (SSSR count). The Morgan fingerprint density at radius 2 is 1.68 bits per heavy atom. The highest BCUT2D eigenvalue weighted by Crippen LogP contribution is 2.41. The summed E-state index contributed by atoms with van der Waals surface area (Å²) in [6, 6.07) is 7.58. The molecule has 1 N–H and O–H groups in total. The minimum absolute atomic E-state index is 0.0349. The standard InChI is InChI=1S/C13H6Cl4O2/c14-6-4-8(12(17)10(16)5-6)11-7(13(18)19)2-1-3-9(11)15/h1-5H,(H,18,19). The Balaban J connectivity index is 2.82. The van der Waals surface area contributed by atoms with Crippen molar-refractivity contribution < 1.29 is 9.90 Å². The third-order valence-electron chi connectivity index (χ3n) is 2.51. The van der Waals surface area contributed by atoms with Gasteiger partial charge in [0, 0.05) is 21.2 Å². The van der Waals surface area contributed by atoms with Crippen molar-refractivity contribution in [3.63, 3.8) is 0 Å². The van der Waals surface area contributed by atoms with Gasteiger partial charge in [0.05, 0.1) is 15.6 Å². The Kier molecular flexibility index (Phi) is 4.26. The van der Waals surface area contributed by atoms with Crippen molar-refractivity contribution in [1.29, 1.82) is 0 Å². The lowest BCUT2D eigenvalue weighted by atomic mass is 9.99. The molecule has 0 bridgehead atoms. The molecule has 0 unspecified atom stereocenters. The first-order chi connectivity index (χ1) is 8.91. The molecular formula is C13H6Cl4O2. The van der Waals surface area contributed by atoms with E-state index in [0.29, 0.717) is 16.1 Å². The number of carboxylic acids is 1. The molecule has 0 aromatic heterocycles. The van der Waals surface area contributed by atoms with Crippen molar-refractivity contribution in [3.8, 4) is 11.1 Å². The first-order valence-electron chi connectivity index (χ1n) is 5.08. The predicted molar refractivity (Wildman–Crippen MR) is 78.9 cm³/mol. The highest BCUT2D eigenvalue weighted by atomic mass is 35.5. The van der Waals surface area contributed by atoms with Crippen molar-refractivity contribution in [2.24, 2.45) is 0 Å². The highest BCUT2D eigenvalue weighted by Gasteiger charge is 2.19. The number of hydrogen-bond acceptors (Lipinski definition) is 1. The van der Waals surface area contributed by atoms with Gasteiger partial charge in [-0.1, -0.05) is 52.5 Å². The van der Waals surface area contributed by atoms with E-state index < -0.39 is 5.97 Å². The number of carbonyl (C=O) groups is 1. The molecule has 0 heterocycles. The van der Waals surface area contributed by atoms with Crippen LogP contribution in [0.3, 0.4) is 0 Å². The largest absolute Gasteiger partial charge is 0.478 e. The molecule has 0 aliphatic carbocycles. The van der Waals surface area contributed by atoms with E-state index in [1.54, 1.807) is 12.1 Å². The summed E-state index contributed by atoms with van der Waals surface area (Å²) < 4.78 is 0. The average Bonchev–Trinajstić information content (AvgIpc) is 2.33. The van der Waals surface area contributed by atoms with Crippen LogP contribution in [0.2, 0.25) is 20.1 Å². The van der Waals surface area contributed by atoms with Crippen LogP contribution in [0.1, 0.15) is 10.4 Å². The van der Waals surface area contributed by atoms with Crippen molar-refractivity contribution in [2.75, 3.05) is 0 Å². The summed E-state index contributed by atoms with van der Waals surface area (Å²) in [7, 11) is 0. The molecule has 0 atom stereocenters. The number of hydrogen-bond donors (Lipinski definition) is 1. The van der Waals surface area contributed by atoms with Gasteiger partial charge in [-0.25, -0.2) is 4.79 Å². The second-order valence-electron chi connectivity index (χ2n) is 3.72. The van der Waals surface area contributed by atoms with Crippen LogP contribution < -0.4 is 0 Å². The molecule has 0 aliphatic heterocycles. The SMILES string of the molecule is O=C(O)c1cccc(Cl)c1-c1cc(Cl)cc(Cl)c1Cl. The fraction of sp³-hybridized carbons (Fsp3) is 0. The van der Waals surface area contributed by atoms with Crippen LogP contribution in [0.4, 0.5) is 0 Å². The van der Waals surface area contributed by atoms with Gasteiger partial charge in [-0.3, -0.25) is 0 Å². The monoisotopic (exact) mass is 334 g/mol. The number of benzene rings is 2. The molecule has 0 aliphatic rings. The van der Waals surface area contributed by atoms with Crippen molar-refractivity contribution >= 4 is 52.4 Å². The lowest BCUT2D eigenvalue weighted by Crippen LogP contribution is -2.00. The van der Waals surface area contributed by atoms with Gasteiger partial charge in [-0.05, 0) is 24.3 Å². The average molecular weight is 336 g/mol. The quantitative estimate of drug-likeness (QED) is 0.718. The van der Waals surface area contributed by atoms with Gasteiger partial charge >= 0.3 is 5.97 Å². The van der Waals surface area contributed by atoms with Gasteiger partial charge in [0.25, 0.3) is 0 Å². The first kappa shape index (κ1) is 14.5. The van der Waals surface area contributed by atoms with E-state index in [2.05, 4.69) is 0 Å². The van der Waals surface area contributed by atoms with E-state index in [9.17, 15) is 9.90 Å². The van der Waals surface area contributed by atoms with E-state index in [-0.39, 0.29) is 20.6 Å². The van der Waals surface area contributed by atoms with Crippen LogP contribution in [0.5, 0.6) is 0 Å². The topological polar surface area (TPSA) is 37.3 Å². The van der Waals surface area contributed by atoms with Gasteiger partial charge < -0.3 is 5.11 Å². The first-order valence-corrected chi connectivity index (χ1v) is 6.59. The van der Waals surface area contributed by atoms with E-state index in [4.69, 9.17) is 46.4 Å². The Bertz CT molecular complexity index is 668. The Hall–Kier alpha value is -0.930. The third-order valence-corrected chi connectivity index (χ3v) is 3.84. The molecule has 0 amide bonds. The Morgan fingerprint density at radius 3 is 2.32 bits per heavy atom. The minimum atomic E-state index is -1.11. The van der Waals surface area contributed by atoms with Crippen LogP contribution in [-0.4, -0.2) is 11.1 Å². The minimum Gasteiger partial charge on any atom is -0.478 e. The zero-order valence-electron chi connectivity index (χ0n) is 9.25. The van der Waals surface area contributed by atoms with E-state index in [1.807, 2.05) is 0 Å². The molecule has 2 aromatic rings. The highest BCUT2D eigenvalue weighted by molar-refractivity contribution is 6.45. The van der Waals surface area contributed by atoms with Crippen LogP contribution in [0.15, 0.2) is 30.3 Å². The summed E-state index contributed by atoms with van der Waals surface area (Å²) in [5, 5.41) is 10.3. The number of rotatable bonds is 2. The second-order valence-corrected chi connectivity index (χ2v) is 5.35. The Morgan fingerprint density at radius 1 is 1.00 bits per heavy atom. The van der Waals surface area contributed by atoms with E-state index in [0.717, 1.165) is 0 Å². The Labute approximate surface area is 129 Å². The third kappa shape index (κ3) is 2.82. The predicted octanol–water partition coefficient (Wildman–Crippen LogP) is 5.67. The van der Waals surface area contributed by atoms with Gasteiger partial charge in [-0.2, -0.15) is 0 Å². The van der Waals surface area contributed by atoms with Gasteiger partial charge in [0.2, 0.25) is 0 Å². The molecule has 0 fully saturated rings. The lowest BCUT2D eigenvalue weighted by molar-refractivity contribution is 0.0697. The summed E-state index contributed by atoms with van der Waals surface area (Å²) in [6.45, 7) is 0. The summed E-state index contributed by atoms with van der Waals surface area (Å²) in [5.74, 6) is -1.11. The molecule has 2 aromatic carbocycles. The van der Waals surface area contributed by atoms with Crippen molar-refractivity contribution in [2.45, 2.75) is 0 Å². The smallest absolute Gasteiger partial charge is 0.336 e. The number of aromatic carboxylic acids is 1. The summed E-state index contributed by atoms with van der Waals surface area (Å²) in [6.07, 6.45) is 0. The van der Waals surface area contributed by atoms with Crippen LogP contribution in [0.25, 0.3) is 11.1 Å². The fourth-order valence-electron chi connectivity index (χ4n) is 1.71. The van der Waals surface area contributed by atoms with Crippen molar-refractivity contribution in [3.05, 3.63) is 56.0 Å². The molecule has 98 valence electrons. The summed E-state index contributed by atoms with van der Waals surface area (Å²) >= 11 is 24.1. The molecule has 0 saturated carbocycles. The normalized spacial score (nSPS) is 10.5. The van der Waals surface area contributed by atoms with Crippen LogP contribution >= 0.6 is 46.4 Å². The summed E-state index contributed by atoms with van der Waals surface area (Å²) in [4.78, 5) is 11.3. The maximum atomic E-state index is 11.3. The molecule has 6 heteroatoms. The zero-order valence-corrected chi connectivity index (χ0v) is 12.3. The van der Waals surface area contributed by atoms with Gasteiger partial charge in [0.1, 0.15) is 0 Å². The molecular weight excluding hydrogens is 330 g/mol. The summed E-state index contributed by atoms with van der Waals surface area (Å²) in [5.41, 5.74) is 0.723. The molecule has 19 heavy (non-hydrogen) atoms. The number of halogens is 4. The molecule has 2 nitrogen and oxygen atoms in total. The second kappa shape index (κ2) is 5.59. The number of carboxylic acid groups (broad SMARTS) is 1. The van der Waals surface area contributed by atoms with E-state index in [1.165, 1.54) is 18.2 Å². The van der Waals surface area contributed by atoms with Gasteiger partial charge in [0.15, 0.2) is 0 Å². The van der Waals surface area contributed by atoms with Crippen LogP contribution in [0, 0.1) is 0 Å². The maximum Gasteiger partial charge on any atom is 0.336 e. The maximum absolute atomic E-state index is 11.3. The lowest BCUT2D eigenvalue weighted by Gasteiger charge is -2.12. The van der Waals surface area contributed by atoms with Crippen LogP contribution in [-0.2, 0) is 0 Å². The molecule has 0 saturated heterocycles. The van der Waals surface area contributed by atoms with Crippen molar-refractivity contribution in [1.82, 2.24) is 0 Å². The molecule has 0 radical (unpaired) electrons. The van der Waals surface area contributed by atoms with Gasteiger partial charge in [-0.15, -0.1) is 0 Å². The zero-order chi connectivity index (χ0) is 14.2. The van der Waals surface area contributed by atoms with E-state index >= 15 is 0 Å².